The van der Waals surface area contributed by atoms with Crippen LogP contribution in [0.25, 0.3) is 0 Å². The summed E-state index contributed by atoms with van der Waals surface area (Å²) in [5, 5.41) is 104. The van der Waals surface area contributed by atoms with Gasteiger partial charge in [0.05, 0.1) is 23.5 Å². The molecule has 0 aromatic rings. The molecule has 3 heterocycles. The van der Waals surface area contributed by atoms with Crippen molar-refractivity contribution >= 4 is 29.8 Å². The fourth-order valence-electron chi connectivity index (χ4n) is 14.8. The van der Waals surface area contributed by atoms with Gasteiger partial charge in [-0.3, -0.25) is 9.59 Å². The molecule has 22 nitrogen and oxygen atoms in total. The summed E-state index contributed by atoms with van der Waals surface area (Å²) < 4.78 is 39.7. The Bertz CT molecular complexity index is 2100. The van der Waals surface area contributed by atoms with Gasteiger partial charge in [-0.15, -0.1) is 0 Å². The van der Waals surface area contributed by atoms with Crippen LogP contribution in [-0.2, 0) is 57.1 Å². The molecule has 69 heavy (non-hydrogen) atoms. The summed E-state index contributed by atoms with van der Waals surface area (Å²) in [6, 6.07) is 0. The van der Waals surface area contributed by atoms with Crippen LogP contribution >= 0.6 is 0 Å². The number of carboxylic acids is 4. The van der Waals surface area contributed by atoms with E-state index in [1.54, 1.807) is 6.92 Å². The first-order valence-electron chi connectivity index (χ1n) is 23.9. The molecular weight excluding hydrogens is 916 g/mol. The second kappa shape index (κ2) is 17.7. The molecule has 3 aliphatic heterocycles. The van der Waals surface area contributed by atoms with E-state index in [9.17, 15) is 69.9 Å². The third-order valence-electron chi connectivity index (χ3n) is 19.0. The van der Waals surface area contributed by atoms with Crippen LogP contribution in [0.1, 0.15) is 106 Å². The van der Waals surface area contributed by atoms with Gasteiger partial charge in [-0.1, -0.05) is 46.3 Å². The molecule has 0 radical (unpaired) electrons. The van der Waals surface area contributed by atoms with E-state index in [1.807, 2.05) is 0 Å². The molecule has 10 N–H and O–H groups in total. The largest absolute Gasteiger partial charge is 0.481 e. The number of ether oxygens (including phenoxy) is 7. The summed E-state index contributed by atoms with van der Waals surface area (Å²) in [6.45, 7) is 10.7. The van der Waals surface area contributed by atoms with Crippen molar-refractivity contribution in [1.82, 2.24) is 0 Å². The first-order valence-corrected chi connectivity index (χ1v) is 23.9. The van der Waals surface area contributed by atoms with Gasteiger partial charge in [0.1, 0.15) is 49.3 Å². The molecule has 4 saturated carbocycles. The predicted molar refractivity (Wildman–Crippen MR) is 228 cm³/mol. The SMILES string of the molecule is CC1(C)[C@@H](O[C@@H]2O[C@H](C(=O)O)[C@H]3O[C@@](O)(C(=O)O)[C@@H](OCC(=O)O)O[C@@H]3[C@H]2O)CC[C@]2(C)[C@H]3CC=C4[C@@H]5C[C@](C)(C(=O)O)CC[C@]5(C(=O)O[C@@H]5O[C@H](CO)[C@@H](O)[C@H](O)[C@H]5O)CC[C@@]4(C)[C@]3(C)CC[C@@H]12. The summed E-state index contributed by atoms with van der Waals surface area (Å²) in [4.78, 5) is 63.6. The number of fused-ring (bicyclic) bond motifs is 8. The van der Waals surface area contributed by atoms with Gasteiger partial charge in [-0.05, 0) is 111 Å². The highest BCUT2D eigenvalue weighted by Crippen LogP contribution is 2.76. The van der Waals surface area contributed by atoms with Crippen LogP contribution in [0.15, 0.2) is 11.6 Å². The number of esters is 1. The number of hydrogen-bond acceptors (Lipinski definition) is 18. The van der Waals surface area contributed by atoms with Gasteiger partial charge in [0, 0.05) is 0 Å². The van der Waals surface area contributed by atoms with Gasteiger partial charge in [-0.2, -0.15) is 0 Å². The number of carboxylic acid groups (broad SMARTS) is 4. The average molecular weight is 985 g/mol. The van der Waals surface area contributed by atoms with Gasteiger partial charge in [0.2, 0.25) is 12.6 Å². The van der Waals surface area contributed by atoms with E-state index < -0.39 is 150 Å². The lowest BCUT2D eigenvalue weighted by Gasteiger charge is -2.71. The van der Waals surface area contributed by atoms with E-state index in [-0.39, 0.29) is 41.9 Å². The number of carbonyl (C=O) groups excluding carboxylic acids is 1. The van der Waals surface area contributed by atoms with E-state index in [2.05, 4.69) is 40.7 Å². The molecule has 0 unspecified atom stereocenters. The molecule has 0 amide bonds. The molecule has 22 heteroatoms. The zero-order valence-electron chi connectivity index (χ0n) is 39.6. The van der Waals surface area contributed by atoms with E-state index >= 15 is 0 Å². The van der Waals surface area contributed by atoms with Crippen molar-refractivity contribution in [2.45, 2.75) is 185 Å². The zero-order chi connectivity index (χ0) is 50.8. The quantitative estimate of drug-likeness (QED) is 0.0775. The second-order valence-electron chi connectivity index (χ2n) is 22.6. The minimum atomic E-state index is -3.36. The van der Waals surface area contributed by atoms with Crippen LogP contribution in [0.4, 0.5) is 0 Å². The minimum absolute atomic E-state index is 0.000981. The Balaban J connectivity index is 1.05. The maximum Gasteiger partial charge on any atom is 0.369 e. The number of rotatable bonds is 11. The van der Waals surface area contributed by atoms with Crippen LogP contribution in [0.2, 0.25) is 0 Å². The molecular formula is C47H68O22. The first kappa shape index (κ1) is 51.9. The Labute approximate surface area is 397 Å². The molecule has 0 bridgehead atoms. The van der Waals surface area contributed by atoms with E-state index in [0.717, 1.165) is 12.0 Å². The highest BCUT2D eigenvalue weighted by Gasteiger charge is 2.71. The van der Waals surface area contributed by atoms with Crippen molar-refractivity contribution in [3.05, 3.63) is 11.6 Å². The molecule has 3 saturated heterocycles. The third-order valence-corrected chi connectivity index (χ3v) is 19.0. The summed E-state index contributed by atoms with van der Waals surface area (Å²) in [5.41, 5.74) is -3.22. The monoisotopic (exact) mass is 984 g/mol. The Morgan fingerprint density at radius 3 is 2.04 bits per heavy atom. The smallest absolute Gasteiger partial charge is 0.369 e. The Morgan fingerprint density at radius 1 is 0.739 bits per heavy atom. The normalized spacial score (nSPS) is 50.1. The molecule has 0 aromatic heterocycles. The van der Waals surface area contributed by atoms with Crippen LogP contribution in [0.5, 0.6) is 0 Å². The van der Waals surface area contributed by atoms with Crippen LogP contribution in [0, 0.1) is 50.2 Å². The molecule has 7 fully saturated rings. The number of aliphatic carboxylic acids is 4. The molecule has 21 atom stereocenters. The number of carbonyl (C=O) groups is 5. The van der Waals surface area contributed by atoms with Crippen molar-refractivity contribution < 1.29 is 108 Å². The Kier molecular flexibility index (Phi) is 13.3. The molecule has 0 aromatic carbocycles. The highest BCUT2D eigenvalue weighted by atomic mass is 16.8. The van der Waals surface area contributed by atoms with Crippen molar-refractivity contribution in [1.29, 1.82) is 0 Å². The lowest BCUT2D eigenvalue weighted by Crippen LogP contribution is -2.72. The van der Waals surface area contributed by atoms with Crippen molar-refractivity contribution in [3.8, 4) is 0 Å². The zero-order valence-corrected chi connectivity index (χ0v) is 39.6. The van der Waals surface area contributed by atoms with E-state index in [0.29, 0.717) is 38.5 Å². The maximum absolute atomic E-state index is 14.7. The Hall–Kier alpha value is -3.39. The molecule has 8 aliphatic rings. The number of aliphatic hydroxyl groups is 6. The number of aliphatic hydroxyl groups excluding tert-OH is 5. The third kappa shape index (κ3) is 7.85. The fourth-order valence-corrected chi connectivity index (χ4v) is 14.8. The van der Waals surface area contributed by atoms with E-state index in [1.165, 1.54) is 0 Å². The standard InChI is InChI=1S/C47H68O22/c1-41(2)23-9-12-45(6)24(43(23,4)11-10-25(41)65-36-30(54)31-32(33(66-36)34(55)56)69-47(62,38(59)60)40(67-31)63-19-26(49)50)8-7-20-21-17-42(3,37(57)58)13-15-46(21,16-14-44(20,45)5)39(61)68-35-29(53)28(52)27(51)22(18-48)64-35/h7,21-25,27-33,35-36,40,48,51-54,62H,8-19H2,1-6H3,(H,49,50)(H,55,56)(H,57,58)(H,59,60)/t21-,22+,23-,24+,25-,27+,28-,29+,30+,31+,32-,33-,35-,36+,40-,42+,43-,44+,45+,46-,47-/m0/s1. The summed E-state index contributed by atoms with van der Waals surface area (Å²) in [7, 11) is 0. The van der Waals surface area contributed by atoms with Crippen LogP contribution in [-0.4, -0.2) is 174 Å². The average Bonchev–Trinajstić information content (AvgIpc) is 3.27. The fraction of sp³-hybridized carbons (Fsp3) is 0.851. The summed E-state index contributed by atoms with van der Waals surface area (Å²) in [5.74, 6) is -10.8. The molecule has 8 rings (SSSR count). The first-order chi connectivity index (χ1) is 32.1. The highest BCUT2D eigenvalue weighted by molar-refractivity contribution is 5.81. The molecule has 5 aliphatic carbocycles. The van der Waals surface area contributed by atoms with Crippen molar-refractivity contribution in [2.24, 2.45) is 50.2 Å². The molecule has 0 spiro atoms. The molecule has 388 valence electrons. The lowest BCUT2D eigenvalue weighted by molar-refractivity contribution is -0.435. The number of hydrogen-bond donors (Lipinski definition) is 10. The van der Waals surface area contributed by atoms with Gasteiger partial charge in [-0.25, -0.2) is 14.4 Å². The number of allylic oxidation sites excluding steroid dienone is 2. The minimum Gasteiger partial charge on any atom is -0.481 e. The van der Waals surface area contributed by atoms with E-state index in [4.69, 9.17) is 38.3 Å². The summed E-state index contributed by atoms with van der Waals surface area (Å²) >= 11 is 0. The second-order valence-corrected chi connectivity index (χ2v) is 22.6. The van der Waals surface area contributed by atoms with Crippen LogP contribution in [0.3, 0.4) is 0 Å². The summed E-state index contributed by atoms with van der Waals surface area (Å²) in [6.07, 6.45) is -13.5. The van der Waals surface area contributed by atoms with Crippen molar-refractivity contribution in [2.75, 3.05) is 13.2 Å². The lowest BCUT2D eigenvalue weighted by atomic mass is 9.33. The van der Waals surface area contributed by atoms with Gasteiger partial charge in [0.15, 0.2) is 12.4 Å². The van der Waals surface area contributed by atoms with Gasteiger partial charge < -0.3 is 84.2 Å². The predicted octanol–water partition coefficient (Wildman–Crippen LogP) is 0.736. The van der Waals surface area contributed by atoms with Crippen molar-refractivity contribution in [3.63, 3.8) is 0 Å². The van der Waals surface area contributed by atoms with Gasteiger partial charge in [0.25, 0.3) is 0 Å². The van der Waals surface area contributed by atoms with Gasteiger partial charge >= 0.3 is 35.6 Å². The Morgan fingerprint density at radius 2 is 1.42 bits per heavy atom. The van der Waals surface area contributed by atoms with Crippen LogP contribution < -0.4 is 0 Å². The maximum atomic E-state index is 14.7. The topological polar surface area (TPSA) is 352 Å².